The van der Waals surface area contributed by atoms with Gasteiger partial charge < -0.3 is 26.4 Å². The lowest BCUT2D eigenvalue weighted by atomic mass is 9.84. The Balaban J connectivity index is 1.69. The lowest BCUT2D eigenvalue weighted by molar-refractivity contribution is 0.0576. The van der Waals surface area contributed by atoms with Gasteiger partial charge in [-0.05, 0) is 62.8 Å². The van der Waals surface area contributed by atoms with Gasteiger partial charge in [0.15, 0.2) is 5.96 Å². The van der Waals surface area contributed by atoms with Gasteiger partial charge in [-0.25, -0.2) is 9.79 Å². The van der Waals surface area contributed by atoms with E-state index in [4.69, 9.17) is 16.2 Å². The Hall–Kier alpha value is -3.74. The van der Waals surface area contributed by atoms with E-state index in [0.29, 0.717) is 29.8 Å². The van der Waals surface area contributed by atoms with Crippen molar-refractivity contribution >= 4 is 28.4 Å². The number of ether oxygens (including phenoxy) is 1. The fraction of sp³-hybridized carbons (Fsp3) is 0.280. The average Bonchev–Trinajstić information content (AvgIpc) is 2.76. The van der Waals surface area contributed by atoms with E-state index in [9.17, 15) is 15.0 Å². The van der Waals surface area contributed by atoms with Crippen molar-refractivity contribution in [2.24, 2.45) is 16.5 Å². The van der Waals surface area contributed by atoms with Crippen LogP contribution in [0.15, 0.2) is 47.5 Å². The van der Waals surface area contributed by atoms with Gasteiger partial charge >= 0.3 is 5.97 Å². The van der Waals surface area contributed by atoms with Crippen molar-refractivity contribution in [1.82, 2.24) is 0 Å². The number of guanidine groups is 1. The van der Waals surface area contributed by atoms with Crippen LogP contribution < -0.4 is 16.2 Å². The molecule has 3 aromatic carbocycles. The highest BCUT2D eigenvalue weighted by molar-refractivity contribution is 5.96. The number of nitrogens with zero attached hydrogens (tertiary/aromatic N) is 1. The summed E-state index contributed by atoms with van der Waals surface area (Å²) < 4.78 is 6.57. The van der Waals surface area contributed by atoms with Gasteiger partial charge in [0.25, 0.3) is 0 Å². The smallest absolute Gasteiger partial charge is 0.336 e. The van der Waals surface area contributed by atoms with Crippen LogP contribution in [0, 0.1) is 6.92 Å². The van der Waals surface area contributed by atoms with Crippen LogP contribution >= 0.6 is 0 Å². The number of rotatable bonds is 5. The third-order valence-electron chi connectivity index (χ3n) is 6.30. The van der Waals surface area contributed by atoms with Gasteiger partial charge in [0.1, 0.15) is 17.1 Å². The summed E-state index contributed by atoms with van der Waals surface area (Å²) in [6.07, 6.45) is 2.52. The molecule has 0 saturated heterocycles. The maximum atomic E-state index is 11.8. The summed E-state index contributed by atoms with van der Waals surface area (Å²) in [5, 5.41) is 21.9. The van der Waals surface area contributed by atoms with Gasteiger partial charge in [0.05, 0.1) is 11.3 Å². The number of aromatic carboxylic acids is 1. The zero-order valence-electron chi connectivity index (χ0n) is 18.2. The predicted molar refractivity (Wildman–Crippen MR) is 125 cm³/mol. The monoisotopic (exact) mass is 433 g/mol. The van der Waals surface area contributed by atoms with Crippen LogP contribution in [0.5, 0.6) is 11.5 Å². The summed E-state index contributed by atoms with van der Waals surface area (Å²) in [6.45, 7) is 3.95. The van der Waals surface area contributed by atoms with Gasteiger partial charge in [-0.3, -0.25) is 0 Å². The Kier molecular flexibility index (Phi) is 5.42. The molecule has 3 aromatic rings. The second kappa shape index (κ2) is 8.07. The fourth-order valence-electron chi connectivity index (χ4n) is 4.52. The van der Waals surface area contributed by atoms with Crippen LogP contribution in [-0.2, 0) is 12.8 Å². The molecule has 0 spiro atoms. The molecule has 7 nitrogen and oxygen atoms in total. The Morgan fingerprint density at radius 3 is 2.56 bits per heavy atom. The molecule has 1 heterocycles. The molecule has 7 heteroatoms. The highest BCUT2D eigenvalue weighted by Gasteiger charge is 2.34. The van der Waals surface area contributed by atoms with E-state index in [1.165, 1.54) is 0 Å². The van der Waals surface area contributed by atoms with E-state index >= 15 is 0 Å². The third-order valence-corrected chi connectivity index (χ3v) is 6.30. The van der Waals surface area contributed by atoms with Crippen molar-refractivity contribution in [3.8, 4) is 11.5 Å². The summed E-state index contributed by atoms with van der Waals surface area (Å²) in [4.78, 5) is 15.9. The van der Waals surface area contributed by atoms with Crippen molar-refractivity contribution in [2.75, 3.05) is 0 Å². The highest BCUT2D eigenvalue weighted by Crippen LogP contribution is 2.46. The minimum atomic E-state index is -1.02. The van der Waals surface area contributed by atoms with Gasteiger partial charge in [0.2, 0.25) is 0 Å². The molecule has 6 N–H and O–H groups in total. The molecule has 1 aliphatic rings. The van der Waals surface area contributed by atoms with Crippen LogP contribution in [-0.4, -0.2) is 27.7 Å². The number of hydrogen-bond donors (Lipinski definition) is 4. The quantitative estimate of drug-likeness (QED) is 0.353. The summed E-state index contributed by atoms with van der Waals surface area (Å²) >= 11 is 0. The van der Waals surface area contributed by atoms with E-state index in [1.807, 2.05) is 38.1 Å². The largest absolute Gasteiger partial charge is 0.507 e. The molecule has 1 atom stereocenters. The third kappa shape index (κ3) is 3.82. The zero-order valence-corrected chi connectivity index (χ0v) is 18.2. The second-order valence-corrected chi connectivity index (χ2v) is 8.52. The van der Waals surface area contributed by atoms with Gasteiger partial charge in [-0.1, -0.05) is 30.3 Å². The van der Waals surface area contributed by atoms with Gasteiger partial charge in [-0.2, -0.15) is 0 Å². The first-order chi connectivity index (χ1) is 15.2. The maximum Gasteiger partial charge on any atom is 0.336 e. The summed E-state index contributed by atoms with van der Waals surface area (Å²) in [5.41, 5.74) is 13.7. The van der Waals surface area contributed by atoms with Crippen LogP contribution in [0.3, 0.4) is 0 Å². The number of carboxylic acid groups (broad SMARTS) is 1. The molecule has 0 fully saturated rings. The number of aromatic hydroxyl groups is 1. The molecule has 1 aliphatic heterocycles. The van der Waals surface area contributed by atoms with Gasteiger partial charge in [0, 0.05) is 16.3 Å². The molecule has 4 rings (SSSR count). The standard InChI is InChI=1S/C25H27N3O4/c1-14-15-10-12-25(2,32-22(15)18-7-4-3-6-17(18)21(14)29)13-11-16-19(23(30)31)8-5-9-20(16)28-24(26)27/h3-9,29H,10-13H2,1-2H3,(H,30,31)(H4,26,27,28). The number of phenols is 1. The molecule has 0 aromatic heterocycles. The molecule has 0 amide bonds. The summed E-state index contributed by atoms with van der Waals surface area (Å²) in [6, 6.07) is 12.6. The molecule has 1 unspecified atom stereocenters. The zero-order chi connectivity index (χ0) is 23.0. The normalized spacial score (nSPS) is 17.4. The van der Waals surface area contributed by atoms with E-state index in [-0.39, 0.29) is 11.5 Å². The number of fused-ring (bicyclic) bond motifs is 3. The van der Waals surface area contributed by atoms with E-state index in [1.54, 1.807) is 18.2 Å². The van der Waals surface area contributed by atoms with Gasteiger partial charge in [-0.15, -0.1) is 0 Å². The maximum absolute atomic E-state index is 11.8. The van der Waals surface area contributed by atoms with Crippen LogP contribution in [0.1, 0.15) is 46.8 Å². The average molecular weight is 434 g/mol. The fourth-order valence-corrected chi connectivity index (χ4v) is 4.52. The Bertz CT molecular complexity index is 1250. The van der Waals surface area contributed by atoms with Crippen molar-refractivity contribution < 1.29 is 19.7 Å². The van der Waals surface area contributed by atoms with E-state index in [2.05, 4.69) is 4.99 Å². The summed E-state index contributed by atoms with van der Waals surface area (Å²) in [5.74, 6) is -0.0566. The highest BCUT2D eigenvalue weighted by atomic mass is 16.5. The second-order valence-electron chi connectivity index (χ2n) is 8.52. The Morgan fingerprint density at radius 2 is 1.88 bits per heavy atom. The van der Waals surface area contributed by atoms with E-state index in [0.717, 1.165) is 40.5 Å². The van der Waals surface area contributed by atoms with Crippen molar-refractivity contribution in [1.29, 1.82) is 0 Å². The minimum Gasteiger partial charge on any atom is -0.507 e. The number of nitrogens with two attached hydrogens (primary N) is 2. The van der Waals surface area contributed by atoms with Crippen molar-refractivity contribution in [2.45, 2.75) is 45.1 Å². The topological polar surface area (TPSA) is 131 Å². The first-order valence-electron chi connectivity index (χ1n) is 10.6. The van der Waals surface area contributed by atoms with Crippen LogP contribution in [0.2, 0.25) is 0 Å². The Labute approximate surface area is 186 Å². The molecular weight excluding hydrogens is 406 g/mol. The van der Waals surface area contributed by atoms with Crippen molar-refractivity contribution in [3.63, 3.8) is 0 Å². The first-order valence-corrected chi connectivity index (χ1v) is 10.6. The SMILES string of the molecule is Cc1c2c(c3ccccc3c1O)OC(C)(CCc1c(N=C(N)N)cccc1C(=O)O)CC2. The first kappa shape index (κ1) is 21.5. The minimum absolute atomic E-state index is 0.121. The molecule has 0 bridgehead atoms. The van der Waals surface area contributed by atoms with E-state index < -0.39 is 11.6 Å². The van der Waals surface area contributed by atoms with Crippen LogP contribution in [0.25, 0.3) is 10.8 Å². The lowest BCUT2D eigenvalue weighted by Crippen LogP contribution is -2.37. The number of hydrogen-bond acceptors (Lipinski definition) is 4. The molecule has 166 valence electrons. The molecular formula is C25H27N3O4. The van der Waals surface area contributed by atoms with Crippen molar-refractivity contribution in [3.05, 3.63) is 64.7 Å². The number of phenolic OH excluding ortho intramolecular Hbond substituents is 1. The molecule has 32 heavy (non-hydrogen) atoms. The molecule has 0 saturated carbocycles. The lowest BCUT2D eigenvalue weighted by Gasteiger charge is -2.37. The number of carboxylic acids is 1. The Morgan fingerprint density at radius 1 is 1.16 bits per heavy atom. The van der Waals surface area contributed by atoms with Crippen LogP contribution in [0.4, 0.5) is 5.69 Å². The predicted octanol–water partition coefficient (Wildman–Crippen LogP) is 4.17. The number of benzene rings is 3. The number of aliphatic imine (C=N–C) groups is 1. The summed E-state index contributed by atoms with van der Waals surface area (Å²) in [7, 11) is 0. The molecule has 0 aliphatic carbocycles. The number of carbonyl (C=O) groups is 1. The molecule has 0 radical (unpaired) electrons.